The molecule has 0 bridgehead atoms. The van der Waals surface area contributed by atoms with Crippen molar-refractivity contribution in [2.24, 2.45) is 11.8 Å². The molecule has 0 aromatic heterocycles. The fourth-order valence-corrected chi connectivity index (χ4v) is 3.44. The highest BCUT2D eigenvalue weighted by molar-refractivity contribution is 6.10. The monoisotopic (exact) mass is 242 g/mol. The highest BCUT2D eigenvalue weighted by atomic mass is 16.2. The number of nitrogens with one attached hydrogen (secondary N) is 1. The number of piperidine rings is 1. The van der Waals surface area contributed by atoms with Crippen molar-refractivity contribution in [2.75, 3.05) is 13.1 Å². The predicted molar refractivity (Wildman–Crippen MR) is 65.0 cm³/mol. The molecule has 3 aliphatic rings. The molecule has 4 heteroatoms. The lowest BCUT2D eigenvalue weighted by Crippen LogP contribution is -2.46. The van der Waals surface area contributed by atoms with Crippen LogP contribution in [0.15, 0.2) is 24.3 Å². The van der Waals surface area contributed by atoms with Gasteiger partial charge in [-0.15, -0.1) is 0 Å². The van der Waals surface area contributed by atoms with Gasteiger partial charge in [0, 0.05) is 24.7 Å². The van der Waals surface area contributed by atoms with Crippen LogP contribution in [0.5, 0.6) is 0 Å². The molecule has 1 aromatic rings. The molecule has 1 N–H and O–H groups in total. The zero-order chi connectivity index (χ0) is 12.3. The number of benzene rings is 1. The summed E-state index contributed by atoms with van der Waals surface area (Å²) < 4.78 is 0. The highest BCUT2D eigenvalue weighted by Crippen LogP contribution is 2.47. The summed E-state index contributed by atoms with van der Waals surface area (Å²) in [5, 5.41) is 3.29. The van der Waals surface area contributed by atoms with Crippen LogP contribution < -0.4 is 5.32 Å². The van der Waals surface area contributed by atoms with E-state index in [0.29, 0.717) is 23.8 Å². The van der Waals surface area contributed by atoms with Crippen LogP contribution in [-0.2, 0) is 11.2 Å². The normalized spacial score (nSPS) is 33.3. The molecular weight excluding hydrogens is 228 g/mol. The Bertz CT molecular complexity index is 544. The Morgan fingerprint density at radius 1 is 1.11 bits per heavy atom. The number of fused-ring (bicyclic) bond motifs is 2. The predicted octanol–water partition coefficient (Wildman–Crippen LogP) is 0.429. The summed E-state index contributed by atoms with van der Waals surface area (Å²) in [4.78, 5) is 26.1. The maximum atomic E-state index is 12.4. The fraction of sp³-hybridized carbons (Fsp3) is 0.429. The molecule has 4 nitrogen and oxygen atoms in total. The van der Waals surface area contributed by atoms with E-state index in [-0.39, 0.29) is 17.9 Å². The number of amides is 2. The van der Waals surface area contributed by atoms with E-state index >= 15 is 0 Å². The molecular formula is C14H14N2O2. The van der Waals surface area contributed by atoms with Gasteiger partial charge in [0.2, 0.25) is 5.91 Å². The van der Waals surface area contributed by atoms with Crippen molar-refractivity contribution in [2.45, 2.75) is 12.5 Å². The van der Waals surface area contributed by atoms with Crippen molar-refractivity contribution in [3.05, 3.63) is 35.4 Å². The fourth-order valence-electron chi connectivity index (χ4n) is 3.44. The Hall–Kier alpha value is -1.68. The Labute approximate surface area is 105 Å². The number of hydrogen-bond donors (Lipinski definition) is 1. The first kappa shape index (κ1) is 10.3. The molecule has 2 atom stereocenters. The summed E-state index contributed by atoms with van der Waals surface area (Å²) in [6.45, 7) is 1.88. The first-order valence-corrected chi connectivity index (χ1v) is 6.42. The minimum absolute atomic E-state index is 0.0295. The van der Waals surface area contributed by atoms with Crippen LogP contribution >= 0.6 is 0 Å². The summed E-state index contributed by atoms with van der Waals surface area (Å²) >= 11 is 0. The first-order chi connectivity index (χ1) is 8.77. The van der Waals surface area contributed by atoms with Crippen molar-refractivity contribution >= 4 is 11.8 Å². The molecule has 2 aliphatic heterocycles. The van der Waals surface area contributed by atoms with Gasteiger partial charge >= 0.3 is 0 Å². The van der Waals surface area contributed by atoms with E-state index < -0.39 is 0 Å². The smallest absolute Gasteiger partial charge is 0.261 e. The first-order valence-electron chi connectivity index (χ1n) is 6.42. The topological polar surface area (TPSA) is 49.4 Å². The zero-order valence-electron chi connectivity index (χ0n) is 9.93. The van der Waals surface area contributed by atoms with E-state index in [1.165, 1.54) is 4.90 Å². The molecule has 0 spiro atoms. The van der Waals surface area contributed by atoms with Crippen molar-refractivity contribution in [3.63, 3.8) is 0 Å². The van der Waals surface area contributed by atoms with Crippen LogP contribution in [0.1, 0.15) is 15.9 Å². The van der Waals surface area contributed by atoms with E-state index in [1.54, 1.807) is 0 Å². The molecule has 18 heavy (non-hydrogen) atoms. The van der Waals surface area contributed by atoms with Crippen molar-refractivity contribution in [3.8, 4) is 0 Å². The third kappa shape index (κ3) is 1.24. The summed E-state index contributed by atoms with van der Waals surface area (Å²) in [7, 11) is 0. The van der Waals surface area contributed by atoms with Gasteiger partial charge in [-0.25, -0.2) is 0 Å². The van der Waals surface area contributed by atoms with Crippen LogP contribution in [0.2, 0.25) is 0 Å². The van der Waals surface area contributed by atoms with Gasteiger partial charge in [-0.2, -0.15) is 0 Å². The van der Waals surface area contributed by atoms with Gasteiger partial charge in [0.1, 0.15) is 0 Å². The Balaban J connectivity index is 1.70. The molecule has 4 rings (SSSR count). The third-order valence-corrected chi connectivity index (χ3v) is 4.42. The largest absolute Gasteiger partial charge is 0.316 e. The van der Waals surface area contributed by atoms with Crippen LogP contribution in [0, 0.1) is 11.8 Å². The van der Waals surface area contributed by atoms with Crippen molar-refractivity contribution in [1.82, 2.24) is 10.2 Å². The third-order valence-electron chi connectivity index (χ3n) is 4.42. The van der Waals surface area contributed by atoms with Gasteiger partial charge in [0.25, 0.3) is 5.91 Å². The maximum absolute atomic E-state index is 12.4. The molecule has 1 saturated carbocycles. The number of hydrogen-bond acceptors (Lipinski definition) is 3. The van der Waals surface area contributed by atoms with Gasteiger partial charge in [-0.1, -0.05) is 18.2 Å². The molecule has 1 aromatic carbocycles. The quantitative estimate of drug-likeness (QED) is 0.727. The number of nitrogens with zero attached hydrogens (tertiary/aromatic N) is 1. The van der Waals surface area contributed by atoms with Crippen LogP contribution in [0.4, 0.5) is 0 Å². The lowest BCUT2D eigenvalue weighted by Gasteiger charge is -2.28. The van der Waals surface area contributed by atoms with Gasteiger partial charge in [-0.05, 0) is 23.5 Å². The van der Waals surface area contributed by atoms with Crippen LogP contribution in [0.25, 0.3) is 0 Å². The number of carbonyl (C=O) groups excluding carboxylic acids is 2. The van der Waals surface area contributed by atoms with Crippen LogP contribution in [0.3, 0.4) is 0 Å². The maximum Gasteiger partial charge on any atom is 0.261 e. The standard InChI is InChI=1S/C14H14N2O2/c17-12-5-8-3-1-2-4-9(8)14(18)16(12)13-10-6-15-7-11(10)13/h1-4,10-11,13,15H,5-7H2. The second-order valence-corrected chi connectivity index (χ2v) is 5.38. The lowest BCUT2D eigenvalue weighted by atomic mass is 9.98. The van der Waals surface area contributed by atoms with Gasteiger partial charge in [0.15, 0.2) is 0 Å². The Morgan fingerprint density at radius 2 is 1.83 bits per heavy atom. The van der Waals surface area contributed by atoms with E-state index in [1.807, 2.05) is 24.3 Å². The summed E-state index contributed by atoms with van der Waals surface area (Å²) in [6.07, 6.45) is 0.366. The average Bonchev–Trinajstić information content (AvgIpc) is 2.84. The van der Waals surface area contributed by atoms with Gasteiger partial charge in [-0.3, -0.25) is 14.5 Å². The molecule has 2 unspecified atom stereocenters. The van der Waals surface area contributed by atoms with E-state index in [2.05, 4.69) is 5.32 Å². The second-order valence-electron chi connectivity index (χ2n) is 5.38. The number of carbonyl (C=O) groups is 2. The average molecular weight is 242 g/mol. The number of imide groups is 1. The van der Waals surface area contributed by atoms with Gasteiger partial charge < -0.3 is 5.32 Å². The molecule has 0 radical (unpaired) electrons. The SMILES string of the molecule is O=C1Cc2ccccc2C(=O)N1C1C2CNCC21. The number of rotatable bonds is 1. The summed E-state index contributed by atoms with van der Waals surface area (Å²) in [5.41, 5.74) is 1.57. The molecule has 1 aliphatic carbocycles. The molecule has 1 saturated heterocycles. The van der Waals surface area contributed by atoms with Crippen molar-refractivity contribution in [1.29, 1.82) is 0 Å². The van der Waals surface area contributed by atoms with Crippen LogP contribution in [-0.4, -0.2) is 35.8 Å². The van der Waals surface area contributed by atoms with E-state index in [0.717, 1.165) is 18.7 Å². The molecule has 92 valence electrons. The lowest BCUT2D eigenvalue weighted by molar-refractivity contribution is -0.129. The Kier molecular flexibility index (Phi) is 1.95. The van der Waals surface area contributed by atoms with Crippen molar-refractivity contribution < 1.29 is 9.59 Å². The molecule has 2 fully saturated rings. The minimum atomic E-state index is -0.0961. The zero-order valence-corrected chi connectivity index (χ0v) is 9.93. The minimum Gasteiger partial charge on any atom is -0.316 e. The second kappa shape index (κ2) is 3.42. The molecule has 2 amide bonds. The summed E-state index contributed by atoms with van der Waals surface area (Å²) in [5.74, 6) is 0.852. The van der Waals surface area contributed by atoms with E-state index in [4.69, 9.17) is 0 Å². The van der Waals surface area contributed by atoms with Gasteiger partial charge in [0.05, 0.1) is 6.42 Å². The summed E-state index contributed by atoms with van der Waals surface area (Å²) in [6, 6.07) is 7.59. The molecule has 2 heterocycles. The highest BCUT2D eigenvalue weighted by Gasteiger charge is 2.59. The Morgan fingerprint density at radius 3 is 2.61 bits per heavy atom. The van der Waals surface area contributed by atoms with E-state index in [9.17, 15) is 9.59 Å².